The molecule has 0 bridgehead atoms. The zero-order valence-electron chi connectivity index (χ0n) is 8.24. The molecule has 14 heavy (non-hydrogen) atoms. The molecule has 3 rings (SSSR count). The van der Waals surface area contributed by atoms with E-state index in [2.05, 4.69) is 18.2 Å². The average Bonchev–Trinajstić information content (AvgIpc) is 3.07. The smallest absolute Gasteiger partial charge is 0.109 e. The molecule has 2 aliphatic rings. The summed E-state index contributed by atoms with van der Waals surface area (Å²) in [6.45, 7) is 1.23. The first-order valence-corrected chi connectivity index (χ1v) is 5.49. The van der Waals surface area contributed by atoms with Crippen LogP contribution in [0.5, 0.6) is 0 Å². The molecule has 0 aromatic heterocycles. The largest absolute Gasteiger partial charge is 0.385 e. The lowest BCUT2D eigenvalue weighted by Crippen LogP contribution is -1.90. The topological polar surface area (TPSA) is 20.2 Å². The van der Waals surface area contributed by atoms with Crippen molar-refractivity contribution in [3.05, 3.63) is 41.5 Å². The Morgan fingerprint density at radius 1 is 0.929 bits per heavy atom. The van der Waals surface area contributed by atoms with Gasteiger partial charge in [-0.1, -0.05) is 18.2 Å². The van der Waals surface area contributed by atoms with E-state index in [1.165, 1.54) is 43.4 Å². The molecule has 0 spiro atoms. The molecule has 2 aliphatic carbocycles. The third kappa shape index (κ3) is 1.57. The number of hydrogen-bond acceptors (Lipinski definition) is 1. The third-order valence-corrected chi connectivity index (χ3v) is 3.25. The van der Waals surface area contributed by atoms with Gasteiger partial charge in [-0.15, -0.1) is 0 Å². The number of hydrogen-bond donors (Lipinski definition) is 1. The second kappa shape index (κ2) is 3.09. The lowest BCUT2D eigenvalue weighted by atomic mass is 10.0. The van der Waals surface area contributed by atoms with Gasteiger partial charge in [-0.3, -0.25) is 0 Å². The Balaban J connectivity index is 1.97. The van der Waals surface area contributed by atoms with Gasteiger partial charge < -0.3 is 5.11 Å². The Morgan fingerprint density at radius 3 is 1.79 bits per heavy atom. The molecule has 1 radical (unpaired) electrons. The fourth-order valence-corrected chi connectivity index (χ4v) is 2.08. The molecule has 0 unspecified atom stereocenters. The van der Waals surface area contributed by atoms with Crippen LogP contribution >= 0.6 is 0 Å². The molecule has 0 aliphatic heterocycles. The van der Waals surface area contributed by atoms with Crippen LogP contribution in [0.15, 0.2) is 18.2 Å². The molecule has 73 valence electrons. The predicted octanol–water partition coefficient (Wildman–Crippen LogP) is 3.32. The second-order valence-electron chi connectivity index (χ2n) is 4.61. The molecule has 1 aromatic rings. The first-order valence-electron chi connectivity index (χ1n) is 5.49. The van der Waals surface area contributed by atoms with E-state index >= 15 is 0 Å². The maximum Gasteiger partial charge on any atom is 0.109 e. The van der Waals surface area contributed by atoms with Gasteiger partial charge in [-0.2, -0.15) is 0 Å². The fourth-order valence-electron chi connectivity index (χ4n) is 2.08. The van der Waals surface area contributed by atoms with Gasteiger partial charge in [-0.05, 0) is 54.2 Å². The predicted molar refractivity (Wildman–Crippen MR) is 55.7 cm³/mol. The Labute approximate surface area is 84.8 Å². The zero-order valence-corrected chi connectivity index (χ0v) is 8.24. The Kier molecular flexibility index (Phi) is 1.88. The van der Waals surface area contributed by atoms with Crippen molar-refractivity contribution in [2.24, 2.45) is 0 Å². The molecule has 0 amide bonds. The van der Waals surface area contributed by atoms with Crippen LogP contribution in [0, 0.1) is 6.61 Å². The summed E-state index contributed by atoms with van der Waals surface area (Å²) in [4.78, 5) is 0. The van der Waals surface area contributed by atoms with E-state index in [-0.39, 0.29) is 0 Å². The van der Waals surface area contributed by atoms with E-state index in [4.69, 9.17) is 5.11 Å². The quantitative estimate of drug-likeness (QED) is 0.769. The van der Waals surface area contributed by atoms with Crippen molar-refractivity contribution >= 4 is 0 Å². The summed E-state index contributed by atoms with van der Waals surface area (Å²) in [5.74, 6) is 1.57. The van der Waals surface area contributed by atoms with Crippen LogP contribution in [0.25, 0.3) is 0 Å². The van der Waals surface area contributed by atoms with Gasteiger partial charge in [0.15, 0.2) is 0 Å². The SMILES string of the molecule is O[CH]c1cc(C2CC2)cc(C2CC2)c1. The Hall–Kier alpha value is -0.820. The minimum atomic E-state index is 0.785. The third-order valence-electron chi connectivity index (χ3n) is 3.25. The van der Waals surface area contributed by atoms with E-state index < -0.39 is 0 Å². The lowest BCUT2D eigenvalue weighted by molar-refractivity contribution is 0.414. The molecular weight excluding hydrogens is 172 g/mol. The van der Waals surface area contributed by atoms with Crippen molar-refractivity contribution in [1.82, 2.24) is 0 Å². The van der Waals surface area contributed by atoms with Gasteiger partial charge >= 0.3 is 0 Å². The fraction of sp³-hybridized carbons (Fsp3) is 0.462. The number of aliphatic hydroxyl groups excluding tert-OH is 1. The highest BCUT2D eigenvalue weighted by molar-refractivity contribution is 5.39. The minimum Gasteiger partial charge on any atom is -0.385 e. The van der Waals surface area contributed by atoms with Crippen molar-refractivity contribution in [3.63, 3.8) is 0 Å². The summed E-state index contributed by atoms with van der Waals surface area (Å²) < 4.78 is 0. The molecule has 1 nitrogen and oxygen atoms in total. The second-order valence-corrected chi connectivity index (χ2v) is 4.61. The summed E-state index contributed by atoms with van der Waals surface area (Å²) in [6, 6.07) is 6.61. The summed E-state index contributed by atoms with van der Waals surface area (Å²) in [7, 11) is 0. The van der Waals surface area contributed by atoms with Gasteiger partial charge in [0.25, 0.3) is 0 Å². The van der Waals surface area contributed by atoms with Crippen LogP contribution in [0.3, 0.4) is 0 Å². The van der Waals surface area contributed by atoms with Gasteiger partial charge in [-0.25, -0.2) is 0 Å². The van der Waals surface area contributed by atoms with Crippen LogP contribution in [-0.4, -0.2) is 5.11 Å². The molecule has 1 aromatic carbocycles. The first kappa shape index (κ1) is 8.49. The first-order chi connectivity index (χ1) is 6.86. The molecule has 2 fully saturated rings. The number of benzene rings is 1. The molecular formula is C13H15O. The van der Waals surface area contributed by atoms with E-state index in [1.54, 1.807) is 0 Å². The van der Waals surface area contributed by atoms with E-state index in [0.29, 0.717) is 0 Å². The summed E-state index contributed by atoms with van der Waals surface area (Å²) in [5.41, 5.74) is 3.86. The summed E-state index contributed by atoms with van der Waals surface area (Å²) in [5, 5.41) is 9.07. The Bertz CT molecular complexity index is 318. The highest BCUT2D eigenvalue weighted by Gasteiger charge is 2.28. The standard InChI is InChI=1S/C13H15O/c14-8-9-5-12(10-1-2-10)7-13(6-9)11-3-4-11/h5-8,10-11,14H,1-4H2. The number of rotatable bonds is 3. The van der Waals surface area contributed by atoms with Gasteiger partial charge in [0.05, 0.1) is 0 Å². The molecule has 1 N–H and O–H groups in total. The molecule has 1 heteroatoms. The van der Waals surface area contributed by atoms with Gasteiger partial charge in [0.2, 0.25) is 0 Å². The number of aliphatic hydroxyl groups is 1. The minimum absolute atomic E-state index is 0.785. The lowest BCUT2D eigenvalue weighted by Gasteiger charge is -2.06. The van der Waals surface area contributed by atoms with E-state index in [1.807, 2.05) is 0 Å². The maximum absolute atomic E-state index is 9.07. The van der Waals surface area contributed by atoms with Crippen molar-refractivity contribution < 1.29 is 5.11 Å². The highest BCUT2D eigenvalue weighted by Crippen LogP contribution is 2.45. The Morgan fingerprint density at radius 2 is 1.43 bits per heavy atom. The van der Waals surface area contributed by atoms with Crippen LogP contribution < -0.4 is 0 Å². The van der Waals surface area contributed by atoms with E-state index in [0.717, 1.165) is 17.4 Å². The van der Waals surface area contributed by atoms with Crippen molar-refractivity contribution in [2.45, 2.75) is 37.5 Å². The van der Waals surface area contributed by atoms with Crippen LogP contribution in [0.4, 0.5) is 0 Å². The normalized spacial score (nSPS) is 21.2. The van der Waals surface area contributed by atoms with Gasteiger partial charge in [0, 0.05) is 0 Å². The van der Waals surface area contributed by atoms with Crippen LogP contribution in [0.1, 0.15) is 54.2 Å². The summed E-state index contributed by atoms with van der Waals surface area (Å²) in [6.07, 6.45) is 5.33. The van der Waals surface area contributed by atoms with Crippen molar-refractivity contribution in [1.29, 1.82) is 0 Å². The van der Waals surface area contributed by atoms with Gasteiger partial charge in [0.1, 0.15) is 6.61 Å². The van der Waals surface area contributed by atoms with Crippen molar-refractivity contribution in [3.8, 4) is 0 Å². The zero-order chi connectivity index (χ0) is 9.54. The van der Waals surface area contributed by atoms with Crippen molar-refractivity contribution in [2.75, 3.05) is 0 Å². The molecule has 0 atom stereocenters. The molecule has 0 heterocycles. The maximum atomic E-state index is 9.07. The molecule has 2 saturated carbocycles. The molecule has 0 saturated heterocycles. The van der Waals surface area contributed by atoms with Crippen LogP contribution in [-0.2, 0) is 0 Å². The van der Waals surface area contributed by atoms with Crippen LogP contribution in [0.2, 0.25) is 0 Å². The average molecular weight is 187 g/mol. The highest BCUT2D eigenvalue weighted by atomic mass is 16.3. The summed E-state index contributed by atoms with van der Waals surface area (Å²) >= 11 is 0. The van der Waals surface area contributed by atoms with E-state index in [9.17, 15) is 0 Å². The monoisotopic (exact) mass is 187 g/mol.